The second kappa shape index (κ2) is 6.13. The molecule has 1 heterocycles. The molecule has 3 heteroatoms. The lowest BCUT2D eigenvalue weighted by atomic mass is 10.0. The molecule has 1 aromatic heterocycles. The second-order valence-corrected chi connectivity index (χ2v) is 6.50. The Labute approximate surface area is 142 Å². The third-order valence-electron chi connectivity index (χ3n) is 3.73. The standard InChI is InChI=1S/C20H19ClN2/c1-12-5-13(2)8-16(7-12)18-11-19(23-20(21)22-18)17-9-14(3)6-15(4)10-17/h5-11H,1-4H3. The smallest absolute Gasteiger partial charge is 0.218 e. The van der Waals surface area contributed by atoms with Gasteiger partial charge in [-0.3, -0.25) is 0 Å². The monoisotopic (exact) mass is 322 g/mol. The zero-order chi connectivity index (χ0) is 16.6. The van der Waals surface area contributed by atoms with Crippen LogP contribution in [0.25, 0.3) is 22.5 Å². The van der Waals surface area contributed by atoms with Crippen LogP contribution in [-0.2, 0) is 0 Å². The average Bonchev–Trinajstić information content (AvgIpc) is 2.44. The SMILES string of the molecule is Cc1cc(C)cc(-c2cc(-c3cc(C)cc(C)c3)nc(Cl)n2)c1. The first-order chi connectivity index (χ1) is 10.9. The lowest BCUT2D eigenvalue weighted by molar-refractivity contribution is 1.17. The number of rotatable bonds is 2. The Morgan fingerprint density at radius 3 is 1.26 bits per heavy atom. The summed E-state index contributed by atoms with van der Waals surface area (Å²) in [5, 5.41) is 0.274. The first kappa shape index (κ1) is 15.7. The third-order valence-corrected chi connectivity index (χ3v) is 3.90. The number of aromatic nitrogens is 2. The minimum absolute atomic E-state index is 0.274. The minimum atomic E-state index is 0.274. The largest absolute Gasteiger partial charge is 0.223 e. The van der Waals surface area contributed by atoms with Gasteiger partial charge in [-0.15, -0.1) is 0 Å². The summed E-state index contributed by atoms with van der Waals surface area (Å²) in [6, 6.07) is 14.8. The van der Waals surface area contributed by atoms with Gasteiger partial charge in [-0.2, -0.15) is 0 Å². The summed E-state index contributed by atoms with van der Waals surface area (Å²) in [6.07, 6.45) is 0. The lowest BCUT2D eigenvalue weighted by Gasteiger charge is -2.09. The lowest BCUT2D eigenvalue weighted by Crippen LogP contribution is -1.93. The van der Waals surface area contributed by atoms with Crippen molar-refractivity contribution >= 4 is 11.6 Å². The van der Waals surface area contributed by atoms with Gasteiger partial charge in [0, 0.05) is 11.1 Å². The first-order valence-electron chi connectivity index (χ1n) is 7.62. The Morgan fingerprint density at radius 2 is 0.913 bits per heavy atom. The van der Waals surface area contributed by atoms with Crippen molar-refractivity contribution in [3.8, 4) is 22.5 Å². The van der Waals surface area contributed by atoms with Crippen LogP contribution in [0.5, 0.6) is 0 Å². The van der Waals surface area contributed by atoms with Gasteiger partial charge in [0.1, 0.15) is 0 Å². The van der Waals surface area contributed by atoms with Crippen LogP contribution in [0, 0.1) is 27.7 Å². The third kappa shape index (κ3) is 3.59. The summed E-state index contributed by atoms with van der Waals surface area (Å²) in [5.74, 6) is 0. The van der Waals surface area contributed by atoms with Crippen molar-refractivity contribution in [1.29, 1.82) is 0 Å². The zero-order valence-corrected chi connectivity index (χ0v) is 14.6. The number of hydrogen-bond donors (Lipinski definition) is 0. The van der Waals surface area contributed by atoms with Crippen LogP contribution >= 0.6 is 11.6 Å². The van der Waals surface area contributed by atoms with Crippen LogP contribution in [-0.4, -0.2) is 9.97 Å². The topological polar surface area (TPSA) is 25.8 Å². The van der Waals surface area contributed by atoms with E-state index >= 15 is 0 Å². The van der Waals surface area contributed by atoms with Crippen LogP contribution in [0.15, 0.2) is 42.5 Å². The molecule has 0 amide bonds. The molecule has 0 bridgehead atoms. The van der Waals surface area contributed by atoms with E-state index < -0.39 is 0 Å². The second-order valence-electron chi connectivity index (χ2n) is 6.16. The predicted molar refractivity (Wildman–Crippen MR) is 96.9 cm³/mol. The Morgan fingerprint density at radius 1 is 0.565 bits per heavy atom. The van der Waals surface area contributed by atoms with Crippen LogP contribution in [0.1, 0.15) is 22.3 Å². The summed E-state index contributed by atoms with van der Waals surface area (Å²) in [4.78, 5) is 8.82. The van der Waals surface area contributed by atoms with E-state index in [1.165, 1.54) is 22.3 Å². The molecular formula is C20H19ClN2. The highest BCUT2D eigenvalue weighted by Crippen LogP contribution is 2.27. The summed E-state index contributed by atoms with van der Waals surface area (Å²) < 4.78 is 0. The van der Waals surface area contributed by atoms with Gasteiger partial charge in [0.25, 0.3) is 0 Å². The molecule has 3 rings (SSSR count). The van der Waals surface area contributed by atoms with Crippen LogP contribution in [0.2, 0.25) is 5.28 Å². The molecule has 0 spiro atoms. The molecule has 0 aliphatic heterocycles. The number of benzene rings is 2. The van der Waals surface area contributed by atoms with Crippen molar-refractivity contribution in [2.24, 2.45) is 0 Å². The van der Waals surface area contributed by atoms with Crippen molar-refractivity contribution in [1.82, 2.24) is 9.97 Å². The number of aryl methyl sites for hydroxylation is 4. The first-order valence-corrected chi connectivity index (χ1v) is 8.00. The van der Waals surface area contributed by atoms with E-state index in [2.05, 4.69) is 74.1 Å². The molecule has 23 heavy (non-hydrogen) atoms. The highest BCUT2D eigenvalue weighted by molar-refractivity contribution is 6.28. The van der Waals surface area contributed by atoms with Crippen LogP contribution in [0.4, 0.5) is 0 Å². The molecule has 0 radical (unpaired) electrons. The number of halogens is 1. The Hall–Kier alpha value is -2.19. The van der Waals surface area contributed by atoms with Gasteiger partial charge >= 0.3 is 0 Å². The van der Waals surface area contributed by atoms with Crippen LogP contribution in [0.3, 0.4) is 0 Å². The molecule has 0 N–H and O–H groups in total. The molecule has 0 fully saturated rings. The molecule has 0 aliphatic rings. The van der Waals surface area contributed by atoms with E-state index in [1.807, 2.05) is 6.07 Å². The van der Waals surface area contributed by atoms with Gasteiger partial charge in [-0.25, -0.2) is 9.97 Å². The summed E-state index contributed by atoms with van der Waals surface area (Å²) >= 11 is 6.19. The van der Waals surface area contributed by atoms with Gasteiger partial charge in [0.15, 0.2) is 0 Å². The van der Waals surface area contributed by atoms with E-state index in [-0.39, 0.29) is 5.28 Å². The van der Waals surface area contributed by atoms with E-state index in [0.29, 0.717) is 0 Å². The molecule has 0 unspecified atom stereocenters. The highest BCUT2D eigenvalue weighted by atomic mass is 35.5. The summed E-state index contributed by atoms with van der Waals surface area (Å²) in [7, 11) is 0. The van der Waals surface area contributed by atoms with Crippen molar-refractivity contribution in [3.05, 3.63) is 70.0 Å². The average molecular weight is 323 g/mol. The van der Waals surface area contributed by atoms with Crippen molar-refractivity contribution in [2.75, 3.05) is 0 Å². The minimum Gasteiger partial charge on any atom is -0.218 e. The molecule has 2 aromatic carbocycles. The molecule has 0 aliphatic carbocycles. The maximum Gasteiger partial charge on any atom is 0.223 e. The normalized spacial score (nSPS) is 10.8. The highest BCUT2D eigenvalue weighted by Gasteiger charge is 2.09. The number of hydrogen-bond acceptors (Lipinski definition) is 2. The van der Waals surface area contributed by atoms with Gasteiger partial charge < -0.3 is 0 Å². The fraction of sp³-hybridized carbons (Fsp3) is 0.200. The van der Waals surface area contributed by atoms with Crippen molar-refractivity contribution < 1.29 is 0 Å². The fourth-order valence-electron chi connectivity index (χ4n) is 2.96. The Balaban J connectivity index is 2.16. The predicted octanol–water partition coefficient (Wildman–Crippen LogP) is 5.70. The summed E-state index contributed by atoms with van der Waals surface area (Å²) in [5.41, 5.74) is 8.68. The Kier molecular flexibility index (Phi) is 4.18. The van der Waals surface area contributed by atoms with Crippen molar-refractivity contribution in [3.63, 3.8) is 0 Å². The molecule has 3 aromatic rings. The number of nitrogens with zero attached hydrogens (tertiary/aromatic N) is 2. The maximum absolute atomic E-state index is 6.19. The molecule has 2 nitrogen and oxygen atoms in total. The molecule has 0 saturated carbocycles. The van der Waals surface area contributed by atoms with Crippen LogP contribution < -0.4 is 0 Å². The van der Waals surface area contributed by atoms with Gasteiger partial charge in [0.2, 0.25) is 5.28 Å². The van der Waals surface area contributed by atoms with E-state index in [1.54, 1.807) is 0 Å². The maximum atomic E-state index is 6.19. The van der Waals surface area contributed by atoms with Gasteiger partial charge in [0.05, 0.1) is 11.4 Å². The molecular weight excluding hydrogens is 304 g/mol. The van der Waals surface area contributed by atoms with Crippen molar-refractivity contribution in [2.45, 2.75) is 27.7 Å². The fourth-order valence-corrected chi connectivity index (χ4v) is 3.14. The van der Waals surface area contributed by atoms with Gasteiger partial charge in [-0.05, 0) is 69.6 Å². The molecule has 0 atom stereocenters. The quantitative estimate of drug-likeness (QED) is 0.566. The Bertz CT molecular complexity index is 775. The van der Waals surface area contributed by atoms with E-state index in [4.69, 9.17) is 11.6 Å². The van der Waals surface area contributed by atoms with E-state index in [0.717, 1.165) is 22.5 Å². The zero-order valence-electron chi connectivity index (χ0n) is 13.8. The van der Waals surface area contributed by atoms with E-state index in [9.17, 15) is 0 Å². The summed E-state index contributed by atoms with van der Waals surface area (Å²) in [6.45, 7) is 8.35. The molecule has 0 saturated heterocycles. The molecule has 116 valence electrons. The van der Waals surface area contributed by atoms with Gasteiger partial charge in [-0.1, -0.05) is 34.4 Å².